The Morgan fingerprint density at radius 3 is 2.38 bits per heavy atom. The summed E-state index contributed by atoms with van der Waals surface area (Å²) in [6, 6.07) is 9.79. The molecule has 0 heterocycles. The lowest BCUT2D eigenvalue weighted by Gasteiger charge is -2.12. The van der Waals surface area contributed by atoms with Crippen LogP contribution in [0.25, 0.3) is 0 Å². The van der Waals surface area contributed by atoms with E-state index in [2.05, 4.69) is 5.32 Å². The number of nitro benzene ring substituents is 1. The quantitative estimate of drug-likeness (QED) is 0.647. The number of para-hydroxylation sites is 1. The largest absolute Gasteiger partial charge is 0.493 e. The molecule has 0 aliphatic rings. The van der Waals surface area contributed by atoms with Crippen LogP contribution in [-0.4, -0.2) is 25.1 Å². The third kappa shape index (κ3) is 3.45. The normalized spacial score (nSPS) is 10.1. The molecule has 24 heavy (non-hydrogen) atoms. The second-order valence-electron chi connectivity index (χ2n) is 4.95. The molecule has 0 saturated carbocycles. The minimum Gasteiger partial charge on any atom is -0.493 e. The standard InChI is InChI=1S/C17H18N2O5/c1-4-11-7-5-6-8-13(11)18-17(20)12-9-15(23-2)16(24-3)10-14(12)19(21)22/h5-10H,4H2,1-3H3,(H,18,20). The van der Waals surface area contributed by atoms with Crippen LogP contribution in [0.5, 0.6) is 11.5 Å². The number of nitrogens with zero attached hydrogens (tertiary/aromatic N) is 1. The van der Waals surface area contributed by atoms with Crippen molar-refractivity contribution in [1.82, 2.24) is 0 Å². The van der Waals surface area contributed by atoms with Gasteiger partial charge in [-0.05, 0) is 18.1 Å². The molecule has 0 aliphatic heterocycles. The van der Waals surface area contributed by atoms with Gasteiger partial charge in [0.05, 0.1) is 25.2 Å². The number of amides is 1. The summed E-state index contributed by atoms with van der Waals surface area (Å²) in [4.78, 5) is 23.2. The van der Waals surface area contributed by atoms with Gasteiger partial charge in [-0.2, -0.15) is 0 Å². The number of hydrogen-bond donors (Lipinski definition) is 1. The van der Waals surface area contributed by atoms with Crippen molar-refractivity contribution in [3.8, 4) is 11.5 Å². The van der Waals surface area contributed by atoms with E-state index >= 15 is 0 Å². The highest BCUT2D eigenvalue weighted by Crippen LogP contribution is 2.35. The number of benzene rings is 2. The highest BCUT2D eigenvalue weighted by molar-refractivity contribution is 6.08. The van der Waals surface area contributed by atoms with Gasteiger partial charge in [-0.3, -0.25) is 14.9 Å². The average molecular weight is 330 g/mol. The molecular weight excluding hydrogens is 312 g/mol. The zero-order valence-corrected chi connectivity index (χ0v) is 13.7. The molecule has 0 bridgehead atoms. The molecule has 2 aromatic rings. The summed E-state index contributed by atoms with van der Waals surface area (Å²) in [6.07, 6.45) is 0.727. The van der Waals surface area contributed by atoms with Crippen LogP contribution >= 0.6 is 0 Å². The van der Waals surface area contributed by atoms with Crippen LogP contribution in [0.1, 0.15) is 22.8 Å². The Kier molecular flexibility index (Phi) is 5.36. The molecule has 1 amide bonds. The van der Waals surface area contributed by atoms with Crippen LogP contribution in [-0.2, 0) is 6.42 Å². The number of carbonyl (C=O) groups is 1. The summed E-state index contributed by atoms with van der Waals surface area (Å²) in [7, 11) is 2.77. The maximum Gasteiger partial charge on any atom is 0.286 e. The van der Waals surface area contributed by atoms with E-state index in [1.807, 2.05) is 19.1 Å². The SMILES string of the molecule is CCc1ccccc1NC(=O)c1cc(OC)c(OC)cc1[N+](=O)[O-]. The van der Waals surface area contributed by atoms with E-state index in [1.54, 1.807) is 12.1 Å². The van der Waals surface area contributed by atoms with Gasteiger partial charge in [0, 0.05) is 11.8 Å². The van der Waals surface area contributed by atoms with Gasteiger partial charge in [0.1, 0.15) is 5.56 Å². The molecule has 0 aromatic heterocycles. The first-order chi connectivity index (χ1) is 11.5. The van der Waals surface area contributed by atoms with Gasteiger partial charge in [-0.25, -0.2) is 0 Å². The number of nitro groups is 1. The van der Waals surface area contributed by atoms with Gasteiger partial charge in [-0.1, -0.05) is 25.1 Å². The minimum atomic E-state index is -0.622. The van der Waals surface area contributed by atoms with E-state index in [9.17, 15) is 14.9 Å². The molecule has 0 spiro atoms. The highest BCUT2D eigenvalue weighted by Gasteiger charge is 2.25. The van der Waals surface area contributed by atoms with Crippen molar-refractivity contribution in [1.29, 1.82) is 0 Å². The lowest BCUT2D eigenvalue weighted by Crippen LogP contribution is -2.15. The van der Waals surface area contributed by atoms with E-state index in [0.717, 1.165) is 12.0 Å². The van der Waals surface area contributed by atoms with Crippen molar-refractivity contribution in [3.63, 3.8) is 0 Å². The molecule has 2 aromatic carbocycles. The fourth-order valence-corrected chi connectivity index (χ4v) is 2.34. The van der Waals surface area contributed by atoms with Crippen molar-refractivity contribution in [2.24, 2.45) is 0 Å². The van der Waals surface area contributed by atoms with Crippen LogP contribution in [0.2, 0.25) is 0 Å². The molecule has 1 N–H and O–H groups in total. The predicted octanol–water partition coefficient (Wildman–Crippen LogP) is 3.43. The highest BCUT2D eigenvalue weighted by atomic mass is 16.6. The monoisotopic (exact) mass is 330 g/mol. The first-order valence-electron chi connectivity index (χ1n) is 7.31. The van der Waals surface area contributed by atoms with Crippen LogP contribution in [0.3, 0.4) is 0 Å². The number of rotatable bonds is 6. The predicted molar refractivity (Wildman–Crippen MR) is 90.0 cm³/mol. The zero-order valence-electron chi connectivity index (χ0n) is 13.7. The van der Waals surface area contributed by atoms with Crippen LogP contribution < -0.4 is 14.8 Å². The summed E-state index contributed by atoms with van der Waals surface area (Å²) < 4.78 is 10.2. The number of hydrogen-bond acceptors (Lipinski definition) is 5. The molecule has 0 fully saturated rings. The molecular formula is C17H18N2O5. The number of carbonyl (C=O) groups excluding carboxylic acids is 1. The van der Waals surface area contributed by atoms with E-state index < -0.39 is 10.8 Å². The second-order valence-corrected chi connectivity index (χ2v) is 4.95. The molecule has 0 unspecified atom stereocenters. The molecule has 126 valence electrons. The number of aryl methyl sites for hydroxylation is 1. The van der Waals surface area contributed by atoms with Gasteiger partial charge in [0.2, 0.25) is 0 Å². The van der Waals surface area contributed by atoms with Gasteiger partial charge < -0.3 is 14.8 Å². The Morgan fingerprint density at radius 1 is 1.17 bits per heavy atom. The van der Waals surface area contributed by atoms with Gasteiger partial charge in [-0.15, -0.1) is 0 Å². The molecule has 0 radical (unpaired) electrons. The van der Waals surface area contributed by atoms with E-state index in [1.165, 1.54) is 26.4 Å². The van der Waals surface area contributed by atoms with E-state index in [4.69, 9.17) is 9.47 Å². The Balaban J connectivity index is 2.46. The maximum absolute atomic E-state index is 12.6. The lowest BCUT2D eigenvalue weighted by atomic mass is 10.1. The second kappa shape index (κ2) is 7.45. The van der Waals surface area contributed by atoms with Crippen molar-refractivity contribution in [2.45, 2.75) is 13.3 Å². The van der Waals surface area contributed by atoms with E-state index in [-0.39, 0.29) is 22.7 Å². The average Bonchev–Trinajstić information content (AvgIpc) is 2.60. The van der Waals surface area contributed by atoms with Crippen molar-refractivity contribution >= 4 is 17.3 Å². The third-order valence-corrected chi connectivity index (χ3v) is 3.59. The number of anilines is 1. The van der Waals surface area contributed by atoms with E-state index in [0.29, 0.717) is 5.69 Å². The zero-order chi connectivity index (χ0) is 17.7. The Bertz CT molecular complexity index is 774. The molecule has 7 heteroatoms. The Morgan fingerprint density at radius 2 is 1.79 bits per heavy atom. The molecule has 2 rings (SSSR count). The number of nitrogens with one attached hydrogen (secondary N) is 1. The summed E-state index contributed by atoms with van der Waals surface area (Å²) in [6.45, 7) is 1.96. The topological polar surface area (TPSA) is 90.7 Å². The van der Waals surface area contributed by atoms with Gasteiger partial charge in [0.25, 0.3) is 11.6 Å². The smallest absolute Gasteiger partial charge is 0.286 e. The van der Waals surface area contributed by atoms with Gasteiger partial charge in [0.15, 0.2) is 11.5 Å². The Hall–Kier alpha value is -3.09. The number of ether oxygens (including phenoxy) is 2. The van der Waals surface area contributed by atoms with Gasteiger partial charge >= 0.3 is 0 Å². The molecule has 0 atom stereocenters. The van der Waals surface area contributed by atoms with Crippen molar-refractivity contribution in [2.75, 3.05) is 19.5 Å². The fourth-order valence-electron chi connectivity index (χ4n) is 2.34. The molecule has 0 saturated heterocycles. The van der Waals surface area contributed by atoms with Crippen LogP contribution in [0.4, 0.5) is 11.4 Å². The first kappa shape index (κ1) is 17.3. The third-order valence-electron chi connectivity index (χ3n) is 3.59. The fraction of sp³-hybridized carbons (Fsp3) is 0.235. The van der Waals surface area contributed by atoms with Crippen LogP contribution in [0.15, 0.2) is 36.4 Å². The summed E-state index contributed by atoms with van der Waals surface area (Å²) in [5, 5.41) is 14.0. The van der Waals surface area contributed by atoms with Crippen molar-refractivity contribution in [3.05, 3.63) is 57.6 Å². The Labute approximate surface area is 139 Å². The minimum absolute atomic E-state index is 0.0939. The lowest BCUT2D eigenvalue weighted by molar-refractivity contribution is -0.385. The van der Waals surface area contributed by atoms with Crippen molar-refractivity contribution < 1.29 is 19.2 Å². The summed E-state index contributed by atoms with van der Waals surface area (Å²) >= 11 is 0. The number of methoxy groups -OCH3 is 2. The molecule has 0 aliphatic carbocycles. The summed E-state index contributed by atoms with van der Waals surface area (Å²) in [5.74, 6) is -0.143. The van der Waals surface area contributed by atoms with Crippen LogP contribution in [0, 0.1) is 10.1 Å². The summed E-state index contributed by atoms with van der Waals surface area (Å²) in [5.41, 5.74) is 1.12. The first-order valence-corrected chi connectivity index (χ1v) is 7.31. The molecule has 7 nitrogen and oxygen atoms in total. The maximum atomic E-state index is 12.6.